The zero-order chi connectivity index (χ0) is 20.9. The van der Waals surface area contributed by atoms with Gasteiger partial charge in [0, 0.05) is 6.20 Å². The van der Waals surface area contributed by atoms with Crippen LogP contribution in [0.2, 0.25) is 0 Å². The Morgan fingerprint density at radius 2 is 1.90 bits per heavy atom. The summed E-state index contributed by atoms with van der Waals surface area (Å²) in [7, 11) is -1.82. The molecule has 15 heteroatoms. The minimum Gasteiger partial charge on any atom is -0.481 e. The van der Waals surface area contributed by atoms with E-state index in [9.17, 15) is 13.2 Å². The molecule has 0 radical (unpaired) electrons. The third kappa shape index (κ3) is 5.69. The number of nitrogens with one attached hydrogen (secondary N) is 1. The van der Waals surface area contributed by atoms with Gasteiger partial charge in [-0.3, -0.25) is 4.79 Å². The second kappa shape index (κ2) is 10.4. The van der Waals surface area contributed by atoms with Crippen LogP contribution in [0.1, 0.15) is 5.56 Å². The number of aromatic nitrogens is 3. The maximum atomic E-state index is 12.6. The van der Waals surface area contributed by atoms with Gasteiger partial charge in [0.25, 0.3) is 5.90 Å². The molecule has 0 spiro atoms. The number of anilines is 1. The quantitative estimate of drug-likeness (QED) is 0.486. The summed E-state index contributed by atoms with van der Waals surface area (Å²) in [5.74, 6) is -0.164. The molecule has 1 aliphatic rings. The molecule has 0 saturated heterocycles. The fraction of sp³-hybridized carbons (Fsp3) is 0.267. The smallest absolute Gasteiger partial charge is 0.481 e. The first-order chi connectivity index (χ1) is 13.9. The number of hydrogen-bond donors (Lipinski definition) is 1. The molecule has 0 aliphatic carbocycles. The molecule has 0 aromatic carbocycles. The SMILES string of the molecule is COc1cc(OC)nc(NC(=O)[N-]S(=O)(=O)c2ncccc2C2=NOCCO2)n1.[Na+]. The Morgan fingerprint density at radius 3 is 2.50 bits per heavy atom. The fourth-order valence-corrected chi connectivity index (χ4v) is 3.11. The van der Waals surface area contributed by atoms with Gasteiger partial charge in [-0.25, -0.2) is 13.4 Å². The largest absolute Gasteiger partial charge is 1.00 e. The number of rotatable bonds is 6. The average Bonchev–Trinajstić information content (AvgIpc) is 2.73. The fourth-order valence-electron chi connectivity index (χ4n) is 2.13. The van der Waals surface area contributed by atoms with Crippen molar-refractivity contribution in [2.75, 3.05) is 32.8 Å². The van der Waals surface area contributed by atoms with Crippen molar-refractivity contribution < 1.29 is 61.8 Å². The number of ether oxygens (including phenoxy) is 3. The molecule has 3 rings (SSSR count). The van der Waals surface area contributed by atoms with Crippen LogP contribution in [-0.2, 0) is 19.6 Å². The van der Waals surface area contributed by atoms with E-state index in [1.54, 1.807) is 0 Å². The van der Waals surface area contributed by atoms with Gasteiger partial charge in [0.05, 0.1) is 25.8 Å². The zero-order valence-electron chi connectivity index (χ0n) is 16.2. The molecule has 30 heavy (non-hydrogen) atoms. The number of methoxy groups -OCH3 is 2. The molecule has 1 N–H and O–H groups in total. The van der Waals surface area contributed by atoms with E-state index < -0.39 is 21.1 Å². The molecule has 2 amide bonds. The number of sulfonamides is 1. The summed E-state index contributed by atoms with van der Waals surface area (Å²) in [5, 5.41) is 5.27. The minimum absolute atomic E-state index is 0. The third-order valence-electron chi connectivity index (χ3n) is 3.33. The Kier molecular flexibility index (Phi) is 8.16. The molecule has 3 heterocycles. The van der Waals surface area contributed by atoms with Crippen LogP contribution < -0.4 is 44.3 Å². The van der Waals surface area contributed by atoms with E-state index in [1.165, 1.54) is 38.6 Å². The molecule has 0 atom stereocenters. The van der Waals surface area contributed by atoms with Gasteiger partial charge < -0.3 is 29.1 Å². The van der Waals surface area contributed by atoms with Gasteiger partial charge in [0.1, 0.15) is 6.61 Å². The molecule has 2 aromatic heterocycles. The Labute approximate surface area is 193 Å². The molecule has 0 fully saturated rings. The van der Waals surface area contributed by atoms with E-state index in [4.69, 9.17) is 19.0 Å². The Morgan fingerprint density at radius 1 is 1.20 bits per heavy atom. The monoisotopic (exact) mass is 446 g/mol. The van der Waals surface area contributed by atoms with Crippen molar-refractivity contribution in [1.82, 2.24) is 15.0 Å². The number of amides is 2. The van der Waals surface area contributed by atoms with Crippen LogP contribution in [0.15, 0.2) is 34.6 Å². The van der Waals surface area contributed by atoms with Crippen molar-refractivity contribution >= 4 is 27.9 Å². The summed E-state index contributed by atoms with van der Waals surface area (Å²) in [4.78, 5) is 28.6. The first-order valence-corrected chi connectivity index (χ1v) is 9.41. The van der Waals surface area contributed by atoms with Gasteiger partial charge in [-0.2, -0.15) is 9.97 Å². The van der Waals surface area contributed by atoms with Gasteiger partial charge in [-0.15, -0.1) is 0 Å². The van der Waals surface area contributed by atoms with Gasteiger partial charge in [-0.1, -0.05) is 0 Å². The predicted molar refractivity (Wildman–Crippen MR) is 97.4 cm³/mol. The maximum absolute atomic E-state index is 12.6. The van der Waals surface area contributed by atoms with Crippen LogP contribution in [0.5, 0.6) is 11.8 Å². The zero-order valence-corrected chi connectivity index (χ0v) is 19.0. The summed E-state index contributed by atoms with van der Waals surface area (Å²) in [6.45, 7) is 0.405. The van der Waals surface area contributed by atoms with E-state index in [-0.39, 0.29) is 71.9 Å². The average molecular weight is 446 g/mol. The van der Waals surface area contributed by atoms with Gasteiger partial charge in [0.15, 0.2) is 23.6 Å². The van der Waals surface area contributed by atoms with Crippen LogP contribution in [0.4, 0.5) is 10.7 Å². The number of carbonyl (C=O) groups excluding carboxylic acids is 1. The second-order valence-electron chi connectivity index (χ2n) is 5.21. The third-order valence-corrected chi connectivity index (χ3v) is 4.55. The van der Waals surface area contributed by atoms with E-state index in [1.807, 2.05) is 0 Å². The van der Waals surface area contributed by atoms with Crippen molar-refractivity contribution in [3.8, 4) is 11.8 Å². The Balaban J connectivity index is 0.00000320. The number of oxime groups is 1. The van der Waals surface area contributed by atoms with E-state index in [2.05, 4.69) is 30.1 Å². The van der Waals surface area contributed by atoms with Crippen molar-refractivity contribution in [3.05, 3.63) is 34.7 Å². The standard InChI is InChI=1S/C15H16N6O7S.Na/c1-25-10-8-11(26-2)18-14(17-10)19-15(22)21-29(23,24)13-9(4-3-5-16-13)12-20-28-7-6-27-12;/h3-5,8H,6-7H2,1-2H3,(H2,17,18,19,21,22);/q;+1/p-1. The molecule has 13 nitrogen and oxygen atoms in total. The normalized spacial score (nSPS) is 12.9. The topological polar surface area (TPSA) is 165 Å². The van der Waals surface area contributed by atoms with Crippen LogP contribution in [0, 0.1) is 0 Å². The summed E-state index contributed by atoms with van der Waals surface area (Å²) in [5.41, 5.74) is 0.00282. The minimum atomic E-state index is -4.52. The van der Waals surface area contributed by atoms with E-state index >= 15 is 0 Å². The first kappa shape index (κ1) is 23.6. The molecule has 2 aromatic rings. The molecular formula is C15H15N6NaO7S. The number of nitrogens with zero attached hydrogens (tertiary/aromatic N) is 5. The van der Waals surface area contributed by atoms with Crippen LogP contribution in [0.25, 0.3) is 4.72 Å². The molecule has 0 bridgehead atoms. The summed E-state index contributed by atoms with van der Waals surface area (Å²) in [6.07, 6.45) is 1.23. The molecular weight excluding hydrogens is 431 g/mol. The Bertz CT molecular complexity index is 1030. The summed E-state index contributed by atoms with van der Waals surface area (Å²) < 4.78 is 43.6. The molecule has 0 saturated carbocycles. The number of hydrogen-bond acceptors (Lipinski definition) is 11. The predicted octanol–water partition coefficient (Wildman–Crippen LogP) is -2.10. The van der Waals surface area contributed by atoms with Gasteiger partial charge >= 0.3 is 29.6 Å². The van der Waals surface area contributed by atoms with E-state index in [0.29, 0.717) is 0 Å². The maximum Gasteiger partial charge on any atom is 1.00 e. The summed E-state index contributed by atoms with van der Waals surface area (Å²) >= 11 is 0. The number of urea groups is 1. The van der Waals surface area contributed by atoms with Gasteiger partial charge in [-0.05, 0) is 17.3 Å². The second-order valence-corrected chi connectivity index (χ2v) is 6.73. The molecule has 1 aliphatic heterocycles. The van der Waals surface area contributed by atoms with Gasteiger partial charge in [0.2, 0.25) is 21.8 Å². The molecule has 0 unspecified atom stereocenters. The van der Waals surface area contributed by atoms with Crippen LogP contribution >= 0.6 is 0 Å². The van der Waals surface area contributed by atoms with Crippen molar-refractivity contribution in [1.29, 1.82) is 0 Å². The van der Waals surface area contributed by atoms with Crippen molar-refractivity contribution in [3.63, 3.8) is 0 Å². The summed E-state index contributed by atoms with van der Waals surface area (Å²) in [6, 6.07) is 3.00. The van der Waals surface area contributed by atoms with Crippen molar-refractivity contribution in [2.24, 2.45) is 5.16 Å². The van der Waals surface area contributed by atoms with Crippen LogP contribution in [-0.4, -0.2) is 62.7 Å². The van der Waals surface area contributed by atoms with Crippen LogP contribution in [0.3, 0.4) is 0 Å². The van der Waals surface area contributed by atoms with E-state index in [0.717, 1.165) is 0 Å². The first-order valence-electron chi connectivity index (χ1n) is 7.97. The number of carbonyl (C=O) groups is 1. The van der Waals surface area contributed by atoms with Crippen molar-refractivity contribution in [2.45, 2.75) is 5.03 Å². The Hall–Kier alpha value is -2.68. The molecule has 154 valence electrons. The number of pyridine rings is 1.